The van der Waals surface area contributed by atoms with E-state index in [-0.39, 0.29) is 0 Å². The van der Waals surface area contributed by atoms with Crippen LogP contribution in [0.5, 0.6) is 0 Å². The van der Waals surface area contributed by atoms with Crippen molar-refractivity contribution in [1.29, 1.82) is 0 Å². The molecule has 0 unspecified atom stereocenters. The molecule has 57 heavy (non-hydrogen) atoms. The predicted molar refractivity (Wildman–Crippen MR) is 224 cm³/mol. The predicted octanol–water partition coefficient (Wildman–Crippen LogP) is 12.7. The maximum Gasteiger partial charge on any atom is 0.180 e. The molecule has 266 valence electrons. The van der Waals surface area contributed by atoms with E-state index < -0.39 is 0 Å². The van der Waals surface area contributed by atoms with Crippen molar-refractivity contribution in [3.63, 3.8) is 0 Å². The molecule has 0 aliphatic heterocycles. The molecule has 8 nitrogen and oxygen atoms in total. The summed E-state index contributed by atoms with van der Waals surface area (Å²) in [7, 11) is 0. The topological polar surface area (TPSA) is 104 Å². The fourth-order valence-electron chi connectivity index (χ4n) is 7.95. The van der Waals surface area contributed by atoms with E-state index in [0.29, 0.717) is 45.7 Å². The molecule has 0 spiro atoms. The summed E-state index contributed by atoms with van der Waals surface area (Å²) in [6.45, 7) is 0. The van der Waals surface area contributed by atoms with Crippen LogP contribution in [-0.4, -0.2) is 24.9 Å². The molecule has 0 amide bonds. The van der Waals surface area contributed by atoms with Crippen LogP contribution in [0.2, 0.25) is 0 Å². The Kier molecular flexibility index (Phi) is 6.76. The summed E-state index contributed by atoms with van der Waals surface area (Å²) in [5, 5.41) is 4.74. The Labute approximate surface area is 323 Å². The normalized spacial score (nSPS) is 11.9. The number of para-hydroxylation sites is 2. The van der Waals surface area contributed by atoms with Gasteiger partial charge in [-0.15, -0.1) is 0 Å². The average Bonchev–Trinajstić information content (AvgIpc) is 3.97. The van der Waals surface area contributed by atoms with Crippen LogP contribution in [-0.2, 0) is 0 Å². The van der Waals surface area contributed by atoms with Crippen molar-refractivity contribution in [2.45, 2.75) is 0 Å². The van der Waals surface area contributed by atoms with Crippen molar-refractivity contribution in [3.05, 3.63) is 164 Å². The largest absolute Gasteiger partial charge is 0.456 e. The van der Waals surface area contributed by atoms with E-state index >= 15 is 0 Å². The highest BCUT2D eigenvalue weighted by Gasteiger charge is 2.24. The van der Waals surface area contributed by atoms with Crippen LogP contribution in [0.25, 0.3) is 123 Å². The maximum absolute atomic E-state index is 6.58. The minimum atomic E-state index is 0.508. The van der Waals surface area contributed by atoms with Crippen LogP contribution in [0, 0.1) is 0 Å². The highest BCUT2D eigenvalue weighted by atomic mass is 16.3. The Hall–Kier alpha value is -7.97. The van der Waals surface area contributed by atoms with Crippen molar-refractivity contribution < 1.29 is 13.3 Å². The molecule has 0 radical (unpaired) electrons. The van der Waals surface area contributed by atoms with Gasteiger partial charge in [-0.2, -0.15) is 0 Å². The van der Waals surface area contributed by atoms with Gasteiger partial charge in [-0.05, 0) is 42.5 Å². The molecular weight excluding hydrogens is 707 g/mol. The average molecular weight is 734 g/mol. The van der Waals surface area contributed by atoms with E-state index in [9.17, 15) is 0 Å². The van der Waals surface area contributed by atoms with Crippen molar-refractivity contribution in [2.24, 2.45) is 0 Å². The van der Waals surface area contributed by atoms with Gasteiger partial charge >= 0.3 is 0 Å². The first-order valence-corrected chi connectivity index (χ1v) is 18.7. The zero-order valence-corrected chi connectivity index (χ0v) is 30.0. The van der Waals surface area contributed by atoms with E-state index in [1.807, 2.05) is 152 Å². The summed E-state index contributed by atoms with van der Waals surface area (Å²) < 4.78 is 19.3. The van der Waals surface area contributed by atoms with Crippen LogP contribution in [0.1, 0.15) is 0 Å². The second-order valence-electron chi connectivity index (χ2n) is 14.0. The Morgan fingerprint density at radius 1 is 0.316 bits per heavy atom. The number of hydrogen-bond acceptors (Lipinski definition) is 8. The molecule has 0 atom stereocenters. The third-order valence-electron chi connectivity index (χ3n) is 10.6. The molecule has 0 saturated heterocycles. The van der Waals surface area contributed by atoms with Crippen molar-refractivity contribution in [2.75, 3.05) is 0 Å². The number of furan rings is 3. The zero-order valence-electron chi connectivity index (χ0n) is 30.0. The van der Waals surface area contributed by atoms with E-state index in [2.05, 4.69) is 12.1 Å². The van der Waals surface area contributed by atoms with Gasteiger partial charge in [-0.3, -0.25) is 0 Å². The molecule has 5 aromatic heterocycles. The number of hydrogen-bond donors (Lipinski definition) is 0. The smallest absolute Gasteiger partial charge is 0.180 e. The number of benzene rings is 7. The highest BCUT2D eigenvalue weighted by Crippen LogP contribution is 2.43. The van der Waals surface area contributed by atoms with E-state index in [1.54, 1.807) is 0 Å². The van der Waals surface area contributed by atoms with Crippen molar-refractivity contribution in [1.82, 2.24) is 24.9 Å². The van der Waals surface area contributed by atoms with Crippen LogP contribution in [0.3, 0.4) is 0 Å². The van der Waals surface area contributed by atoms with Gasteiger partial charge in [0.15, 0.2) is 28.9 Å². The quantitative estimate of drug-likeness (QED) is 0.172. The van der Waals surface area contributed by atoms with Crippen molar-refractivity contribution >= 4 is 65.9 Å². The lowest BCUT2D eigenvalue weighted by atomic mass is 10.0. The molecule has 0 N–H and O–H groups in total. The monoisotopic (exact) mass is 733 g/mol. The molecular formula is C49H27N5O3. The molecule has 0 aliphatic rings. The van der Waals surface area contributed by atoms with Crippen LogP contribution in [0.4, 0.5) is 0 Å². The lowest BCUT2D eigenvalue weighted by Gasteiger charge is -2.10. The molecule has 5 heterocycles. The molecule has 0 aliphatic carbocycles. The summed E-state index contributed by atoms with van der Waals surface area (Å²) in [6.07, 6.45) is 0. The van der Waals surface area contributed by atoms with E-state index in [4.69, 9.17) is 38.2 Å². The number of fused-ring (bicyclic) bond motifs is 9. The maximum atomic E-state index is 6.58. The lowest BCUT2D eigenvalue weighted by molar-refractivity contribution is 0.667. The summed E-state index contributed by atoms with van der Waals surface area (Å²) in [5.74, 6) is 2.14. The minimum absolute atomic E-state index is 0.508. The van der Waals surface area contributed by atoms with Gasteiger partial charge in [0, 0.05) is 54.7 Å². The summed E-state index contributed by atoms with van der Waals surface area (Å²) >= 11 is 0. The van der Waals surface area contributed by atoms with Crippen molar-refractivity contribution in [3.8, 4) is 56.8 Å². The standard InChI is InChI=1S/C49H27N5O3/c1-3-13-28(14-4-1)43-45-44(33-18-8-10-22-37(33)57-45)51-48(50-43)34-19-11-23-38-41(34)42-35(20-12-24-39(42)56-38)49-53-46(29-15-5-2-6-16-29)52-47(54-49)30-25-26-32-31-17-7-9-21-36(31)55-40(32)27-30/h1-27H. The zero-order chi connectivity index (χ0) is 37.5. The highest BCUT2D eigenvalue weighted by molar-refractivity contribution is 6.17. The molecule has 12 aromatic rings. The molecule has 0 fully saturated rings. The fourth-order valence-corrected chi connectivity index (χ4v) is 7.95. The Morgan fingerprint density at radius 2 is 0.842 bits per heavy atom. The molecule has 0 saturated carbocycles. The Morgan fingerprint density at radius 3 is 1.56 bits per heavy atom. The number of nitrogens with zero attached hydrogens (tertiary/aromatic N) is 5. The Bertz CT molecular complexity index is 3530. The third kappa shape index (κ3) is 4.97. The van der Waals surface area contributed by atoms with Gasteiger partial charge in [-0.1, -0.05) is 121 Å². The minimum Gasteiger partial charge on any atom is -0.456 e. The molecule has 12 rings (SSSR count). The lowest BCUT2D eigenvalue weighted by Crippen LogP contribution is -2.00. The van der Waals surface area contributed by atoms with Gasteiger partial charge in [0.1, 0.15) is 39.1 Å². The van der Waals surface area contributed by atoms with E-state index in [1.165, 1.54) is 0 Å². The first-order valence-electron chi connectivity index (χ1n) is 18.7. The molecule has 7 aromatic carbocycles. The van der Waals surface area contributed by atoms with Gasteiger partial charge in [-0.25, -0.2) is 24.9 Å². The van der Waals surface area contributed by atoms with Gasteiger partial charge in [0.2, 0.25) is 0 Å². The molecule has 0 bridgehead atoms. The number of aromatic nitrogens is 5. The summed E-state index contributed by atoms with van der Waals surface area (Å²) in [4.78, 5) is 25.8. The first kappa shape index (κ1) is 31.4. The molecule has 8 heteroatoms. The summed E-state index contributed by atoms with van der Waals surface area (Å²) in [6, 6.07) is 54.2. The third-order valence-corrected chi connectivity index (χ3v) is 10.6. The van der Waals surface area contributed by atoms with Crippen LogP contribution >= 0.6 is 0 Å². The van der Waals surface area contributed by atoms with Gasteiger partial charge in [0.05, 0.1) is 0 Å². The second kappa shape index (κ2) is 12.3. The van der Waals surface area contributed by atoms with E-state index in [0.717, 1.165) is 77.0 Å². The van der Waals surface area contributed by atoms with Crippen LogP contribution in [0.15, 0.2) is 177 Å². The Balaban J connectivity index is 1.11. The summed E-state index contributed by atoms with van der Waals surface area (Å²) in [5.41, 5.74) is 10.1. The fraction of sp³-hybridized carbons (Fsp3) is 0. The number of rotatable bonds is 5. The van der Waals surface area contributed by atoms with Crippen LogP contribution < -0.4 is 0 Å². The van der Waals surface area contributed by atoms with Gasteiger partial charge in [0.25, 0.3) is 0 Å². The first-order chi connectivity index (χ1) is 28.2. The SMILES string of the molecule is c1ccc(-c2nc(-c3ccc4c(c3)oc3ccccc34)nc(-c3cccc4oc5cccc(-c6nc(-c7ccccc7)c7oc8ccccc8c7n6)c5c34)n2)cc1. The second-order valence-corrected chi connectivity index (χ2v) is 14.0. The van der Waals surface area contributed by atoms with Gasteiger partial charge < -0.3 is 13.3 Å².